The third kappa shape index (κ3) is 5.08. The maximum Gasteiger partial charge on any atom is 0.336 e. The fourth-order valence-corrected chi connectivity index (χ4v) is 2.96. The van der Waals surface area contributed by atoms with Crippen LogP contribution in [-0.2, 0) is 11.4 Å². The summed E-state index contributed by atoms with van der Waals surface area (Å²) in [5, 5.41) is 9.61. The molecule has 0 aliphatic carbocycles. The number of aromatic nitrogens is 2. The van der Waals surface area contributed by atoms with Crippen LogP contribution in [0.2, 0.25) is 0 Å². The molecule has 0 aliphatic heterocycles. The van der Waals surface area contributed by atoms with Crippen molar-refractivity contribution >= 4 is 17.6 Å². The van der Waals surface area contributed by atoms with Gasteiger partial charge in [-0.05, 0) is 57.0 Å². The minimum absolute atomic E-state index is 0.253. The second-order valence-corrected chi connectivity index (χ2v) is 7.02. The van der Waals surface area contributed by atoms with Gasteiger partial charge in [0.1, 0.15) is 12.4 Å². The van der Waals surface area contributed by atoms with E-state index in [4.69, 9.17) is 4.74 Å². The van der Waals surface area contributed by atoms with E-state index < -0.39 is 5.97 Å². The zero-order valence-corrected chi connectivity index (χ0v) is 17.1. The molecule has 1 heterocycles. The van der Waals surface area contributed by atoms with Crippen molar-refractivity contribution < 1.29 is 14.6 Å². The van der Waals surface area contributed by atoms with Gasteiger partial charge < -0.3 is 9.84 Å². The summed E-state index contributed by atoms with van der Waals surface area (Å²) in [5.41, 5.74) is 6.23. The van der Waals surface area contributed by atoms with Crippen molar-refractivity contribution in [1.29, 1.82) is 0 Å². The number of carbonyl (C=O) groups is 1. The number of benzene rings is 2. The highest BCUT2D eigenvalue weighted by atomic mass is 16.5. The van der Waals surface area contributed by atoms with E-state index in [2.05, 4.69) is 9.97 Å². The molecular formula is C24H24N2O3. The Kier molecular flexibility index (Phi) is 6.07. The van der Waals surface area contributed by atoms with Crippen molar-refractivity contribution in [2.75, 3.05) is 0 Å². The van der Waals surface area contributed by atoms with Crippen LogP contribution in [0.3, 0.4) is 0 Å². The molecule has 2 aromatic carbocycles. The summed E-state index contributed by atoms with van der Waals surface area (Å²) in [4.78, 5) is 20.7. The van der Waals surface area contributed by atoms with Crippen LogP contribution in [-0.4, -0.2) is 21.0 Å². The van der Waals surface area contributed by atoms with Crippen molar-refractivity contribution in [3.63, 3.8) is 0 Å². The third-order valence-corrected chi connectivity index (χ3v) is 4.71. The van der Waals surface area contributed by atoms with Gasteiger partial charge in [0.05, 0.1) is 28.3 Å². The molecule has 5 heteroatoms. The summed E-state index contributed by atoms with van der Waals surface area (Å²) in [6.07, 6.45) is 1.67. The van der Waals surface area contributed by atoms with Gasteiger partial charge >= 0.3 is 5.97 Å². The van der Waals surface area contributed by atoms with Crippen molar-refractivity contribution in [2.45, 2.75) is 34.3 Å². The Balaban J connectivity index is 1.76. The maximum absolute atomic E-state index is 11.7. The lowest BCUT2D eigenvalue weighted by Gasteiger charge is -2.10. The fraction of sp³-hybridized carbons (Fsp3) is 0.208. The van der Waals surface area contributed by atoms with Crippen LogP contribution >= 0.6 is 0 Å². The molecule has 0 bridgehead atoms. The van der Waals surface area contributed by atoms with E-state index >= 15 is 0 Å². The van der Waals surface area contributed by atoms with Gasteiger partial charge in [-0.2, -0.15) is 0 Å². The molecule has 29 heavy (non-hydrogen) atoms. The minimum atomic E-state index is -0.959. The van der Waals surface area contributed by atoms with E-state index in [-0.39, 0.29) is 5.57 Å². The van der Waals surface area contributed by atoms with Gasteiger partial charge in [-0.25, -0.2) is 4.79 Å². The number of hydrogen-bond acceptors (Lipinski definition) is 4. The van der Waals surface area contributed by atoms with Gasteiger partial charge in [-0.15, -0.1) is 0 Å². The average Bonchev–Trinajstić information content (AvgIpc) is 2.68. The maximum atomic E-state index is 11.7. The molecule has 0 saturated heterocycles. The molecule has 0 unspecified atom stereocenters. The van der Waals surface area contributed by atoms with Crippen molar-refractivity contribution in [3.05, 3.63) is 88.0 Å². The van der Waals surface area contributed by atoms with E-state index in [9.17, 15) is 9.90 Å². The lowest BCUT2D eigenvalue weighted by Crippen LogP contribution is -2.06. The molecule has 0 spiro atoms. The molecule has 1 aromatic heterocycles. The second kappa shape index (κ2) is 8.69. The molecule has 0 fully saturated rings. The van der Waals surface area contributed by atoms with Gasteiger partial charge in [-0.1, -0.05) is 42.0 Å². The quantitative estimate of drug-likeness (QED) is 0.480. The van der Waals surface area contributed by atoms with Crippen LogP contribution in [0, 0.1) is 27.7 Å². The largest absolute Gasteiger partial charge is 0.487 e. The van der Waals surface area contributed by atoms with Gasteiger partial charge in [0.2, 0.25) is 0 Å². The fourth-order valence-electron chi connectivity index (χ4n) is 2.96. The van der Waals surface area contributed by atoms with Gasteiger partial charge in [-0.3, -0.25) is 9.97 Å². The summed E-state index contributed by atoms with van der Waals surface area (Å²) in [6.45, 7) is 8.06. The summed E-state index contributed by atoms with van der Waals surface area (Å²) in [5.74, 6) is -0.270. The molecule has 148 valence electrons. The first-order valence-electron chi connectivity index (χ1n) is 9.39. The number of carboxylic acid groups (broad SMARTS) is 1. The topological polar surface area (TPSA) is 72.3 Å². The smallest absolute Gasteiger partial charge is 0.336 e. The van der Waals surface area contributed by atoms with E-state index in [0.29, 0.717) is 17.9 Å². The molecule has 0 atom stereocenters. The first-order valence-corrected chi connectivity index (χ1v) is 9.39. The lowest BCUT2D eigenvalue weighted by atomic mass is 10.0. The number of rotatable bonds is 6. The minimum Gasteiger partial charge on any atom is -0.487 e. The molecule has 0 saturated carbocycles. The summed E-state index contributed by atoms with van der Waals surface area (Å²) in [7, 11) is 0. The number of aliphatic carboxylic acids is 1. The Bertz CT molecular complexity index is 1070. The molecule has 0 radical (unpaired) electrons. The number of aryl methyl sites for hydroxylation is 4. The van der Waals surface area contributed by atoms with Crippen LogP contribution in [0.15, 0.2) is 48.5 Å². The van der Waals surface area contributed by atoms with E-state index in [1.54, 1.807) is 12.1 Å². The molecule has 1 N–H and O–H groups in total. The first-order chi connectivity index (χ1) is 13.8. The molecule has 0 aliphatic rings. The Labute approximate surface area is 170 Å². The lowest BCUT2D eigenvalue weighted by molar-refractivity contribution is -0.130. The van der Waals surface area contributed by atoms with Gasteiger partial charge in [0.25, 0.3) is 0 Å². The van der Waals surface area contributed by atoms with Crippen LogP contribution in [0.4, 0.5) is 0 Å². The Morgan fingerprint density at radius 2 is 1.66 bits per heavy atom. The van der Waals surface area contributed by atoms with Crippen molar-refractivity contribution in [2.24, 2.45) is 0 Å². The highest BCUT2D eigenvalue weighted by Crippen LogP contribution is 2.22. The zero-order valence-electron chi connectivity index (χ0n) is 17.1. The molecule has 3 rings (SSSR count). The summed E-state index contributed by atoms with van der Waals surface area (Å²) < 4.78 is 5.84. The first kappa shape index (κ1) is 20.3. The number of hydrogen-bond donors (Lipinski definition) is 1. The molecule has 0 amide bonds. The summed E-state index contributed by atoms with van der Waals surface area (Å²) >= 11 is 0. The third-order valence-electron chi connectivity index (χ3n) is 4.71. The molecule has 5 nitrogen and oxygen atoms in total. The summed E-state index contributed by atoms with van der Waals surface area (Å²) in [6, 6.07) is 14.8. The van der Waals surface area contributed by atoms with E-state index in [1.807, 2.05) is 70.2 Å². The zero-order chi connectivity index (χ0) is 21.0. The molecular weight excluding hydrogens is 364 g/mol. The highest BCUT2D eigenvalue weighted by Gasteiger charge is 2.11. The van der Waals surface area contributed by atoms with Crippen molar-refractivity contribution in [1.82, 2.24) is 9.97 Å². The Morgan fingerprint density at radius 1 is 0.966 bits per heavy atom. The van der Waals surface area contributed by atoms with E-state index in [0.717, 1.165) is 33.9 Å². The van der Waals surface area contributed by atoms with Gasteiger partial charge in [0, 0.05) is 0 Å². The number of ether oxygens (including phenoxy) is 1. The predicted octanol–water partition coefficient (Wildman–Crippen LogP) is 4.91. The number of carboxylic acids is 1. The van der Waals surface area contributed by atoms with Crippen LogP contribution in [0.1, 0.15) is 39.5 Å². The Hall–Kier alpha value is -3.47. The van der Waals surface area contributed by atoms with Gasteiger partial charge in [0.15, 0.2) is 0 Å². The van der Waals surface area contributed by atoms with E-state index in [1.165, 1.54) is 0 Å². The van der Waals surface area contributed by atoms with Crippen LogP contribution < -0.4 is 4.74 Å². The Morgan fingerprint density at radius 3 is 2.31 bits per heavy atom. The van der Waals surface area contributed by atoms with Crippen LogP contribution in [0.5, 0.6) is 5.75 Å². The van der Waals surface area contributed by atoms with Crippen molar-refractivity contribution in [3.8, 4) is 5.75 Å². The molecule has 3 aromatic rings. The standard InChI is InChI=1S/C24H24N2O3/c1-15-6-5-7-20(12-15)22(24(27)28)13-19-8-10-21(11-9-19)29-14-23-18(4)25-16(2)17(3)26-23/h5-13H,14H2,1-4H3,(H,27,28)/b22-13+. The highest BCUT2D eigenvalue weighted by molar-refractivity contribution is 6.20. The normalized spacial score (nSPS) is 11.4. The SMILES string of the molecule is Cc1cccc(/C(=C\c2ccc(OCc3nc(C)c(C)nc3C)cc2)C(=O)O)c1. The number of nitrogens with zero attached hydrogens (tertiary/aromatic N) is 2. The second-order valence-electron chi connectivity index (χ2n) is 7.02. The average molecular weight is 388 g/mol. The predicted molar refractivity (Wildman–Crippen MR) is 114 cm³/mol. The van der Waals surface area contributed by atoms with Crippen LogP contribution in [0.25, 0.3) is 11.6 Å². The monoisotopic (exact) mass is 388 g/mol.